The summed E-state index contributed by atoms with van der Waals surface area (Å²) in [7, 11) is 0. The average molecular weight is 378 g/mol. The Kier molecular flexibility index (Phi) is 4.74. The van der Waals surface area contributed by atoms with Crippen LogP contribution in [0.5, 0.6) is 0 Å². The molecular formula is C24H26O4. The van der Waals surface area contributed by atoms with Gasteiger partial charge in [0, 0.05) is 19.8 Å². The lowest BCUT2D eigenvalue weighted by Crippen LogP contribution is -2.34. The number of hydrogen-bond donors (Lipinski definition) is 0. The number of rotatable bonds is 2. The number of benzene rings is 2. The van der Waals surface area contributed by atoms with Crippen molar-refractivity contribution < 1.29 is 19.1 Å². The molecule has 2 unspecified atom stereocenters. The van der Waals surface area contributed by atoms with Gasteiger partial charge in [-0.25, -0.2) is 0 Å². The minimum atomic E-state index is -0.264. The molecule has 2 atom stereocenters. The van der Waals surface area contributed by atoms with Gasteiger partial charge < -0.3 is 9.47 Å². The standard InChI is InChI=1S/C24H26O4/c1-13-7-5-9-18-20(27-15(3)25)11-17-12-21(28-16(4)26)19-10-6-8-14(2)23(19)24(17)22(13)18/h5-10,17,20-21,24H,11-12H2,1-4H3. The fraction of sp³-hybridized carbons (Fsp3) is 0.417. The van der Waals surface area contributed by atoms with E-state index in [1.807, 2.05) is 12.1 Å². The molecule has 0 N–H and O–H groups in total. The van der Waals surface area contributed by atoms with Gasteiger partial charge >= 0.3 is 11.9 Å². The van der Waals surface area contributed by atoms with Gasteiger partial charge in [-0.1, -0.05) is 36.4 Å². The Balaban J connectivity index is 1.91. The topological polar surface area (TPSA) is 52.6 Å². The normalized spacial score (nSPS) is 25.1. The molecule has 0 fully saturated rings. The Morgan fingerprint density at radius 2 is 1.21 bits per heavy atom. The van der Waals surface area contributed by atoms with Crippen LogP contribution in [0, 0.1) is 19.8 Å². The summed E-state index contributed by atoms with van der Waals surface area (Å²) in [6.45, 7) is 7.18. The predicted molar refractivity (Wildman–Crippen MR) is 106 cm³/mol. The van der Waals surface area contributed by atoms with E-state index >= 15 is 0 Å². The fourth-order valence-corrected chi connectivity index (χ4v) is 5.23. The Hall–Kier alpha value is -2.62. The van der Waals surface area contributed by atoms with Crippen molar-refractivity contribution >= 4 is 11.9 Å². The van der Waals surface area contributed by atoms with Crippen molar-refractivity contribution in [1.29, 1.82) is 0 Å². The van der Waals surface area contributed by atoms with Gasteiger partial charge in [0.15, 0.2) is 0 Å². The summed E-state index contributed by atoms with van der Waals surface area (Å²) in [5, 5.41) is 0. The molecule has 4 heteroatoms. The molecule has 2 aromatic carbocycles. The van der Waals surface area contributed by atoms with Gasteiger partial charge in [-0.15, -0.1) is 0 Å². The number of ether oxygens (including phenoxy) is 2. The first-order valence-corrected chi connectivity index (χ1v) is 9.90. The zero-order valence-corrected chi connectivity index (χ0v) is 16.8. The van der Waals surface area contributed by atoms with Gasteiger partial charge in [0.05, 0.1) is 0 Å². The molecule has 0 spiro atoms. The summed E-state index contributed by atoms with van der Waals surface area (Å²) < 4.78 is 11.4. The Morgan fingerprint density at radius 3 is 1.61 bits per heavy atom. The fourth-order valence-electron chi connectivity index (χ4n) is 5.23. The van der Waals surface area contributed by atoms with E-state index in [0.717, 1.165) is 24.0 Å². The van der Waals surface area contributed by atoms with Gasteiger partial charge in [0.1, 0.15) is 12.2 Å². The van der Waals surface area contributed by atoms with Crippen LogP contribution in [0.25, 0.3) is 0 Å². The van der Waals surface area contributed by atoms with Crippen LogP contribution in [0.4, 0.5) is 0 Å². The second-order valence-corrected chi connectivity index (χ2v) is 8.06. The molecule has 4 nitrogen and oxygen atoms in total. The molecule has 0 amide bonds. The summed E-state index contributed by atoms with van der Waals surface area (Å²) in [6.07, 6.45) is 0.979. The molecule has 28 heavy (non-hydrogen) atoms. The summed E-state index contributed by atoms with van der Waals surface area (Å²) in [5.74, 6) is -0.0541. The zero-order valence-electron chi connectivity index (χ0n) is 16.8. The van der Waals surface area contributed by atoms with Crippen LogP contribution < -0.4 is 0 Å². The van der Waals surface area contributed by atoms with E-state index in [2.05, 4.69) is 38.1 Å². The van der Waals surface area contributed by atoms with E-state index in [4.69, 9.17) is 9.47 Å². The molecule has 2 aromatic rings. The predicted octanol–water partition coefficient (Wildman–Crippen LogP) is 5.07. The highest BCUT2D eigenvalue weighted by atomic mass is 16.5. The highest BCUT2D eigenvalue weighted by Gasteiger charge is 2.44. The van der Waals surface area contributed by atoms with Crippen LogP contribution in [-0.4, -0.2) is 11.9 Å². The van der Waals surface area contributed by atoms with Crippen molar-refractivity contribution in [3.8, 4) is 0 Å². The highest BCUT2D eigenvalue weighted by Crippen LogP contribution is 2.55. The molecule has 0 radical (unpaired) electrons. The number of carbonyl (C=O) groups is 2. The quantitative estimate of drug-likeness (QED) is 0.685. The first kappa shape index (κ1) is 18.7. The molecule has 0 aliphatic heterocycles. The Labute approximate surface area is 165 Å². The zero-order chi connectivity index (χ0) is 20.0. The molecule has 0 saturated heterocycles. The molecule has 0 aromatic heterocycles. The van der Waals surface area contributed by atoms with Crippen molar-refractivity contribution in [3.63, 3.8) is 0 Å². The van der Waals surface area contributed by atoms with Crippen LogP contribution in [-0.2, 0) is 19.1 Å². The molecular weight excluding hydrogens is 352 g/mol. The second kappa shape index (κ2) is 7.08. The van der Waals surface area contributed by atoms with E-state index in [-0.39, 0.29) is 36.0 Å². The van der Waals surface area contributed by atoms with Crippen molar-refractivity contribution in [2.75, 3.05) is 0 Å². The summed E-state index contributed by atoms with van der Waals surface area (Å²) in [4.78, 5) is 23.5. The Morgan fingerprint density at radius 1 is 0.786 bits per heavy atom. The third-order valence-corrected chi connectivity index (χ3v) is 6.15. The number of esters is 2. The maximum Gasteiger partial charge on any atom is 0.303 e. The third-order valence-electron chi connectivity index (χ3n) is 6.15. The van der Waals surface area contributed by atoms with E-state index in [1.54, 1.807) is 0 Å². The van der Waals surface area contributed by atoms with E-state index in [0.29, 0.717) is 0 Å². The van der Waals surface area contributed by atoms with Gasteiger partial charge in [-0.05, 0) is 66.0 Å². The van der Waals surface area contributed by atoms with Crippen LogP contribution in [0.2, 0.25) is 0 Å². The number of hydrogen-bond acceptors (Lipinski definition) is 4. The first-order chi connectivity index (χ1) is 13.4. The summed E-state index contributed by atoms with van der Waals surface area (Å²) in [6, 6.07) is 12.5. The van der Waals surface area contributed by atoms with E-state index in [9.17, 15) is 9.59 Å². The van der Waals surface area contributed by atoms with Crippen LogP contribution in [0.1, 0.15) is 78.2 Å². The van der Waals surface area contributed by atoms with Crippen molar-refractivity contribution in [3.05, 3.63) is 69.8 Å². The largest absolute Gasteiger partial charge is 0.458 e. The lowest BCUT2D eigenvalue weighted by Gasteiger charge is -2.45. The van der Waals surface area contributed by atoms with E-state index < -0.39 is 0 Å². The molecule has 0 saturated carbocycles. The van der Waals surface area contributed by atoms with Crippen LogP contribution in [0.15, 0.2) is 36.4 Å². The van der Waals surface area contributed by atoms with Crippen molar-refractivity contribution in [2.45, 2.75) is 58.7 Å². The van der Waals surface area contributed by atoms with Crippen molar-refractivity contribution in [2.24, 2.45) is 5.92 Å². The molecule has 146 valence electrons. The lowest BCUT2D eigenvalue weighted by molar-refractivity contribution is -0.149. The van der Waals surface area contributed by atoms with Crippen LogP contribution in [0.3, 0.4) is 0 Å². The SMILES string of the molecule is CC(=O)OC1CC2CC(OC(C)=O)c3cccc(C)c3C2c2c(C)cccc21. The molecule has 0 heterocycles. The van der Waals surface area contributed by atoms with Gasteiger partial charge in [0.25, 0.3) is 0 Å². The molecule has 4 rings (SSSR count). The van der Waals surface area contributed by atoms with E-state index in [1.165, 1.54) is 36.1 Å². The number of aryl methyl sites for hydroxylation is 2. The maximum absolute atomic E-state index is 11.7. The third kappa shape index (κ3) is 3.11. The summed E-state index contributed by atoms with van der Waals surface area (Å²) >= 11 is 0. The maximum atomic E-state index is 11.7. The molecule has 0 bridgehead atoms. The molecule has 2 aliphatic carbocycles. The monoisotopic (exact) mass is 378 g/mol. The second-order valence-electron chi connectivity index (χ2n) is 8.06. The molecule has 2 aliphatic rings. The Bertz CT molecular complexity index is 870. The average Bonchev–Trinajstić information content (AvgIpc) is 2.61. The minimum Gasteiger partial charge on any atom is -0.458 e. The number of fused-ring (bicyclic) bond motifs is 5. The lowest BCUT2D eigenvalue weighted by atomic mass is 9.62. The summed E-state index contributed by atoms with van der Waals surface area (Å²) in [5.41, 5.74) is 7.17. The minimum absolute atomic E-state index is 0.228. The number of carbonyl (C=O) groups excluding carboxylic acids is 2. The first-order valence-electron chi connectivity index (χ1n) is 9.90. The van der Waals surface area contributed by atoms with Gasteiger partial charge in [-0.3, -0.25) is 9.59 Å². The van der Waals surface area contributed by atoms with Gasteiger partial charge in [0.2, 0.25) is 0 Å². The van der Waals surface area contributed by atoms with Gasteiger partial charge in [-0.2, -0.15) is 0 Å². The van der Waals surface area contributed by atoms with Crippen LogP contribution >= 0.6 is 0 Å². The van der Waals surface area contributed by atoms with Crippen molar-refractivity contribution in [1.82, 2.24) is 0 Å². The smallest absolute Gasteiger partial charge is 0.303 e. The highest BCUT2D eigenvalue weighted by molar-refractivity contribution is 5.67.